The van der Waals surface area contributed by atoms with Crippen LogP contribution in [-0.2, 0) is 9.53 Å². The molecule has 1 fully saturated rings. The van der Waals surface area contributed by atoms with Crippen LogP contribution in [0, 0.1) is 17.3 Å². The van der Waals surface area contributed by atoms with E-state index in [0.29, 0.717) is 0 Å². The van der Waals surface area contributed by atoms with Gasteiger partial charge in [0.05, 0.1) is 13.0 Å². The molecular formula is C10H12ClF3O2. The third-order valence-electron chi connectivity index (χ3n) is 2.96. The maximum atomic E-state index is 12.2. The summed E-state index contributed by atoms with van der Waals surface area (Å²) >= 11 is 5.12. The van der Waals surface area contributed by atoms with E-state index >= 15 is 0 Å². The van der Waals surface area contributed by atoms with Gasteiger partial charge in [-0.15, -0.1) is 0 Å². The van der Waals surface area contributed by atoms with Gasteiger partial charge in [0, 0.05) is 0 Å². The van der Waals surface area contributed by atoms with Crippen molar-refractivity contribution < 1.29 is 22.7 Å². The van der Waals surface area contributed by atoms with Crippen LogP contribution in [0.15, 0.2) is 11.1 Å². The van der Waals surface area contributed by atoms with Gasteiger partial charge in [0.25, 0.3) is 0 Å². The first-order chi connectivity index (χ1) is 7.12. The molecule has 0 saturated heterocycles. The molecule has 1 aliphatic rings. The number of carbonyl (C=O) groups excluding carboxylic acids is 1. The van der Waals surface area contributed by atoms with Gasteiger partial charge >= 0.3 is 12.1 Å². The Morgan fingerprint density at radius 3 is 2.31 bits per heavy atom. The van der Waals surface area contributed by atoms with Gasteiger partial charge in [-0.1, -0.05) is 31.5 Å². The number of hydrogen-bond acceptors (Lipinski definition) is 2. The second-order valence-electron chi connectivity index (χ2n) is 4.36. The molecule has 0 N–H and O–H groups in total. The number of rotatable bonds is 2. The van der Waals surface area contributed by atoms with Crippen LogP contribution in [-0.4, -0.2) is 19.3 Å². The topological polar surface area (TPSA) is 26.3 Å². The number of ether oxygens (including phenoxy) is 1. The van der Waals surface area contributed by atoms with Crippen molar-refractivity contribution in [1.82, 2.24) is 0 Å². The van der Waals surface area contributed by atoms with E-state index in [-0.39, 0.29) is 0 Å². The van der Waals surface area contributed by atoms with Gasteiger partial charge in [-0.3, -0.25) is 4.79 Å². The van der Waals surface area contributed by atoms with Crippen LogP contribution in [0.3, 0.4) is 0 Å². The van der Waals surface area contributed by atoms with Gasteiger partial charge in [0.15, 0.2) is 0 Å². The molecule has 0 aromatic carbocycles. The average molecular weight is 257 g/mol. The molecule has 0 radical (unpaired) electrons. The highest BCUT2D eigenvalue weighted by Gasteiger charge is 2.62. The zero-order valence-corrected chi connectivity index (χ0v) is 9.82. The lowest BCUT2D eigenvalue weighted by Gasteiger charge is -2.04. The summed E-state index contributed by atoms with van der Waals surface area (Å²) in [5.74, 6) is -1.57. The molecule has 1 aliphatic carbocycles. The van der Waals surface area contributed by atoms with Crippen LogP contribution in [0.2, 0.25) is 0 Å². The molecule has 16 heavy (non-hydrogen) atoms. The van der Waals surface area contributed by atoms with Gasteiger partial charge in [-0.25, -0.2) is 0 Å². The van der Waals surface area contributed by atoms with Crippen molar-refractivity contribution >= 4 is 17.6 Å². The summed E-state index contributed by atoms with van der Waals surface area (Å²) in [5.41, 5.74) is -0.529. The molecule has 92 valence electrons. The molecule has 0 aliphatic heterocycles. The van der Waals surface area contributed by atoms with Crippen molar-refractivity contribution in [2.45, 2.75) is 20.0 Å². The molecule has 6 heteroatoms. The molecule has 0 unspecified atom stereocenters. The van der Waals surface area contributed by atoms with Crippen molar-refractivity contribution in [1.29, 1.82) is 0 Å². The number of esters is 1. The number of hydrogen-bond donors (Lipinski definition) is 0. The highest BCUT2D eigenvalue weighted by Crippen LogP contribution is 2.60. The van der Waals surface area contributed by atoms with Crippen molar-refractivity contribution in [3.8, 4) is 0 Å². The van der Waals surface area contributed by atoms with Crippen LogP contribution in [0.4, 0.5) is 13.2 Å². The number of halogens is 4. The van der Waals surface area contributed by atoms with Crippen molar-refractivity contribution in [2.75, 3.05) is 7.11 Å². The van der Waals surface area contributed by atoms with E-state index in [1.54, 1.807) is 13.8 Å². The maximum Gasteiger partial charge on any atom is 0.426 e. The molecule has 0 aromatic rings. The van der Waals surface area contributed by atoms with Gasteiger partial charge in [0.2, 0.25) is 0 Å². The molecule has 1 rings (SSSR count). The van der Waals surface area contributed by atoms with E-state index in [2.05, 4.69) is 4.74 Å². The summed E-state index contributed by atoms with van der Waals surface area (Å²) in [6.45, 7) is 3.41. The van der Waals surface area contributed by atoms with Crippen molar-refractivity contribution in [3.63, 3.8) is 0 Å². The number of methoxy groups -OCH3 is 1. The van der Waals surface area contributed by atoms with Gasteiger partial charge in [0.1, 0.15) is 5.03 Å². The summed E-state index contributed by atoms with van der Waals surface area (Å²) in [7, 11) is 1.21. The minimum absolute atomic E-state index is 0.502. The Balaban J connectivity index is 2.83. The molecule has 2 nitrogen and oxygen atoms in total. The minimum Gasteiger partial charge on any atom is -0.469 e. The smallest absolute Gasteiger partial charge is 0.426 e. The Hall–Kier alpha value is -0.710. The predicted octanol–water partition coefficient (Wildman–Crippen LogP) is 3.12. The van der Waals surface area contributed by atoms with Crippen LogP contribution in [0.1, 0.15) is 13.8 Å². The zero-order chi connectivity index (χ0) is 12.7. The summed E-state index contributed by atoms with van der Waals surface area (Å²) in [6, 6.07) is 0. The summed E-state index contributed by atoms with van der Waals surface area (Å²) in [5, 5.41) is -1.18. The third kappa shape index (κ3) is 2.34. The molecule has 0 heterocycles. The molecule has 0 amide bonds. The fourth-order valence-corrected chi connectivity index (χ4v) is 1.95. The quantitative estimate of drug-likeness (QED) is 0.710. The van der Waals surface area contributed by atoms with E-state index in [1.165, 1.54) is 7.11 Å². The first kappa shape index (κ1) is 13.4. The lowest BCUT2D eigenvalue weighted by molar-refractivity contribution is -0.143. The first-order valence-electron chi connectivity index (χ1n) is 4.64. The number of allylic oxidation sites excluding steroid dienone is 2. The summed E-state index contributed by atoms with van der Waals surface area (Å²) in [6.07, 6.45) is -3.66. The Labute approximate surface area is 96.4 Å². The highest BCUT2D eigenvalue weighted by molar-refractivity contribution is 6.30. The summed E-state index contributed by atoms with van der Waals surface area (Å²) < 4.78 is 41.1. The van der Waals surface area contributed by atoms with E-state index in [4.69, 9.17) is 11.6 Å². The number of alkyl halides is 3. The highest BCUT2D eigenvalue weighted by atomic mass is 35.5. The first-order valence-corrected chi connectivity index (χ1v) is 5.02. The summed E-state index contributed by atoms with van der Waals surface area (Å²) in [4.78, 5) is 11.3. The van der Waals surface area contributed by atoms with Crippen molar-refractivity contribution in [2.24, 2.45) is 17.3 Å². The van der Waals surface area contributed by atoms with Crippen LogP contribution < -0.4 is 0 Å². The largest absolute Gasteiger partial charge is 0.469 e. The maximum absolute atomic E-state index is 12.2. The SMILES string of the molecule is COC(=O)[C@@H]1[C@H](/C=C(\Cl)C(F)(F)F)C1(C)C. The Kier molecular flexibility index (Phi) is 3.29. The molecule has 0 spiro atoms. The molecule has 0 bridgehead atoms. The molecule has 0 aromatic heterocycles. The molecular weight excluding hydrogens is 245 g/mol. The van der Waals surface area contributed by atoms with Gasteiger partial charge in [-0.05, 0) is 11.3 Å². The van der Waals surface area contributed by atoms with E-state index < -0.39 is 34.4 Å². The average Bonchev–Trinajstić information content (AvgIpc) is 2.65. The lowest BCUT2D eigenvalue weighted by atomic mass is 10.1. The predicted molar refractivity (Wildman–Crippen MR) is 52.8 cm³/mol. The standard InChI is InChI=1S/C10H12ClF3O2/c1-9(2)5(7(9)8(15)16-3)4-6(11)10(12,13)14/h4-5,7H,1-3H3/b6-4-/t5-,7-/m0/s1. The second kappa shape index (κ2) is 3.95. The van der Waals surface area contributed by atoms with Crippen LogP contribution in [0.5, 0.6) is 0 Å². The van der Waals surface area contributed by atoms with Crippen molar-refractivity contribution in [3.05, 3.63) is 11.1 Å². The Morgan fingerprint density at radius 1 is 1.44 bits per heavy atom. The zero-order valence-electron chi connectivity index (χ0n) is 9.06. The lowest BCUT2D eigenvalue weighted by Crippen LogP contribution is -2.08. The fourth-order valence-electron chi connectivity index (χ4n) is 1.82. The minimum atomic E-state index is -4.55. The van der Waals surface area contributed by atoms with Crippen LogP contribution in [0.25, 0.3) is 0 Å². The molecule has 1 saturated carbocycles. The monoisotopic (exact) mass is 256 g/mol. The number of carbonyl (C=O) groups is 1. The normalized spacial score (nSPS) is 28.8. The second-order valence-corrected chi connectivity index (χ2v) is 4.77. The van der Waals surface area contributed by atoms with Gasteiger partial charge < -0.3 is 4.74 Å². The van der Waals surface area contributed by atoms with E-state index in [9.17, 15) is 18.0 Å². The van der Waals surface area contributed by atoms with E-state index in [1.807, 2.05) is 0 Å². The van der Waals surface area contributed by atoms with Gasteiger partial charge in [-0.2, -0.15) is 13.2 Å². The Morgan fingerprint density at radius 2 is 1.94 bits per heavy atom. The fraction of sp³-hybridized carbons (Fsp3) is 0.700. The third-order valence-corrected chi connectivity index (χ3v) is 3.30. The Bertz CT molecular complexity index is 333. The van der Waals surface area contributed by atoms with E-state index in [0.717, 1.165) is 6.08 Å². The van der Waals surface area contributed by atoms with Crippen LogP contribution >= 0.6 is 11.6 Å². The molecule has 2 atom stereocenters.